The van der Waals surface area contributed by atoms with Gasteiger partial charge in [0, 0.05) is 31.2 Å². The van der Waals surface area contributed by atoms with Crippen molar-refractivity contribution in [1.82, 2.24) is 20.1 Å². The van der Waals surface area contributed by atoms with Gasteiger partial charge in [0.2, 0.25) is 5.91 Å². The molecule has 6 nitrogen and oxygen atoms in total. The number of carbonyl (C=O) groups is 1. The molecule has 0 atom stereocenters. The van der Waals surface area contributed by atoms with E-state index in [0.29, 0.717) is 6.54 Å². The van der Waals surface area contributed by atoms with Crippen molar-refractivity contribution in [2.45, 2.75) is 33.2 Å². The molecule has 1 aliphatic rings. The summed E-state index contributed by atoms with van der Waals surface area (Å²) in [5.41, 5.74) is 3.20. The molecular formula is C20H25N5OS. The van der Waals surface area contributed by atoms with E-state index >= 15 is 0 Å². The molecule has 1 saturated heterocycles. The number of hydrogen-bond acceptors (Lipinski definition) is 5. The smallest absolute Gasteiger partial charge is 0.223 e. The Hall–Kier alpha value is -2.41. The molecule has 4 rings (SSSR count). The molecule has 0 spiro atoms. The van der Waals surface area contributed by atoms with Crippen LogP contribution < -0.4 is 10.2 Å². The first kappa shape index (κ1) is 18.0. The number of aryl methyl sites for hydroxylation is 2. The first-order chi connectivity index (χ1) is 13.1. The van der Waals surface area contributed by atoms with Crippen LogP contribution in [0.1, 0.15) is 24.2 Å². The van der Waals surface area contributed by atoms with Crippen LogP contribution in [-0.4, -0.2) is 40.3 Å². The number of piperidine rings is 1. The second kappa shape index (κ2) is 7.68. The fraction of sp³-hybridized carbons (Fsp3) is 0.450. The van der Waals surface area contributed by atoms with Gasteiger partial charge in [-0.2, -0.15) is 5.10 Å². The van der Waals surface area contributed by atoms with E-state index in [1.165, 1.54) is 4.70 Å². The van der Waals surface area contributed by atoms with E-state index in [0.717, 1.165) is 54.5 Å². The Bertz CT molecular complexity index is 906. The number of rotatable bonds is 5. The minimum Gasteiger partial charge on any atom is -0.354 e. The average Bonchev–Trinajstić information content (AvgIpc) is 3.24. The summed E-state index contributed by atoms with van der Waals surface area (Å²) in [7, 11) is 0. The maximum Gasteiger partial charge on any atom is 0.223 e. The largest absolute Gasteiger partial charge is 0.354 e. The number of benzene rings is 1. The summed E-state index contributed by atoms with van der Waals surface area (Å²) in [5.74, 6) is 0.261. The van der Waals surface area contributed by atoms with Crippen molar-refractivity contribution in [2.24, 2.45) is 5.92 Å². The Morgan fingerprint density at radius 2 is 2.04 bits per heavy atom. The maximum absolute atomic E-state index is 12.5. The Morgan fingerprint density at radius 1 is 1.26 bits per heavy atom. The zero-order chi connectivity index (χ0) is 18.8. The van der Waals surface area contributed by atoms with Crippen molar-refractivity contribution in [3.8, 4) is 0 Å². The van der Waals surface area contributed by atoms with E-state index in [4.69, 9.17) is 4.98 Å². The summed E-state index contributed by atoms with van der Waals surface area (Å²) < 4.78 is 3.17. The highest BCUT2D eigenvalue weighted by Gasteiger charge is 2.26. The van der Waals surface area contributed by atoms with Crippen LogP contribution >= 0.6 is 11.3 Å². The summed E-state index contributed by atoms with van der Waals surface area (Å²) in [4.78, 5) is 19.5. The van der Waals surface area contributed by atoms with Crippen molar-refractivity contribution < 1.29 is 4.79 Å². The fourth-order valence-corrected chi connectivity index (χ4v) is 4.68. The molecule has 7 heteroatoms. The molecule has 1 fully saturated rings. The molecule has 1 N–H and O–H groups in total. The lowest BCUT2D eigenvalue weighted by Gasteiger charge is -2.31. The number of nitrogens with zero attached hydrogens (tertiary/aromatic N) is 4. The van der Waals surface area contributed by atoms with Crippen LogP contribution in [0.15, 0.2) is 30.3 Å². The molecule has 3 aromatic rings. The highest BCUT2D eigenvalue weighted by molar-refractivity contribution is 7.22. The summed E-state index contributed by atoms with van der Waals surface area (Å²) in [6.07, 6.45) is 1.75. The molecule has 0 unspecified atom stereocenters. The van der Waals surface area contributed by atoms with E-state index in [9.17, 15) is 4.79 Å². The number of amides is 1. The number of fused-ring (bicyclic) bond motifs is 1. The van der Waals surface area contributed by atoms with Gasteiger partial charge in [-0.15, -0.1) is 0 Å². The van der Waals surface area contributed by atoms with Crippen LogP contribution in [0.4, 0.5) is 5.13 Å². The van der Waals surface area contributed by atoms with Crippen LogP contribution in [0, 0.1) is 19.8 Å². The number of anilines is 1. The van der Waals surface area contributed by atoms with Gasteiger partial charge in [-0.25, -0.2) is 4.98 Å². The molecule has 0 radical (unpaired) electrons. The molecule has 1 amide bonds. The van der Waals surface area contributed by atoms with Crippen molar-refractivity contribution in [3.05, 3.63) is 41.7 Å². The normalized spacial score (nSPS) is 15.4. The maximum atomic E-state index is 12.5. The minimum atomic E-state index is 0.0936. The summed E-state index contributed by atoms with van der Waals surface area (Å²) in [5, 5.41) is 8.59. The molecule has 0 bridgehead atoms. The molecular weight excluding hydrogens is 358 g/mol. The lowest BCUT2D eigenvalue weighted by molar-refractivity contribution is -0.125. The number of carbonyl (C=O) groups excluding carboxylic acids is 1. The second-order valence-corrected chi connectivity index (χ2v) is 8.18. The summed E-state index contributed by atoms with van der Waals surface area (Å²) in [6, 6.07) is 10.3. The molecule has 1 aromatic carbocycles. The van der Waals surface area contributed by atoms with E-state index in [-0.39, 0.29) is 11.8 Å². The van der Waals surface area contributed by atoms with E-state index in [1.807, 2.05) is 30.7 Å². The average molecular weight is 384 g/mol. The summed E-state index contributed by atoms with van der Waals surface area (Å²) >= 11 is 1.73. The number of nitrogens with one attached hydrogen (secondary N) is 1. The van der Waals surface area contributed by atoms with E-state index in [2.05, 4.69) is 33.5 Å². The third-order valence-electron chi connectivity index (χ3n) is 5.15. The highest BCUT2D eigenvalue weighted by atomic mass is 32.1. The molecule has 142 valence electrons. The molecule has 2 aromatic heterocycles. The standard InChI is InChI=1S/C20H25N5OS/c1-14-13-15(2)25(23-14)12-9-21-19(26)16-7-10-24(11-8-16)20-22-17-5-3-4-6-18(17)27-20/h3-6,13,16H,7-12H2,1-2H3,(H,21,26). The fourth-order valence-electron chi connectivity index (χ4n) is 3.66. The third kappa shape index (κ3) is 3.98. The first-order valence-corrected chi connectivity index (χ1v) is 10.3. The van der Waals surface area contributed by atoms with Gasteiger partial charge in [0.15, 0.2) is 5.13 Å². The Labute approximate surface area is 163 Å². The molecule has 0 saturated carbocycles. The highest BCUT2D eigenvalue weighted by Crippen LogP contribution is 2.31. The predicted molar refractivity (Wildman–Crippen MR) is 109 cm³/mol. The lowest BCUT2D eigenvalue weighted by atomic mass is 9.96. The number of aromatic nitrogens is 3. The zero-order valence-electron chi connectivity index (χ0n) is 15.8. The number of thiazole rings is 1. The van der Waals surface area contributed by atoms with Gasteiger partial charge in [-0.1, -0.05) is 23.5 Å². The number of para-hydroxylation sites is 1. The van der Waals surface area contributed by atoms with Crippen molar-refractivity contribution in [1.29, 1.82) is 0 Å². The van der Waals surface area contributed by atoms with Gasteiger partial charge in [-0.3, -0.25) is 9.48 Å². The third-order valence-corrected chi connectivity index (χ3v) is 6.24. The Kier molecular flexibility index (Phi) is 5.11. The molecule has 1 aliphatic heterocycles. The lowest BCUT2D eigenvalue weighted by Crippen LogP contribution is -2.41. The minimum absolute atomic E-state index is 0.0936. The molecule has 0 aliphatic carbocycles. The molecule has 27 heavy (non-hydrogen) atoms. The van der Waals surface area contributed by atoms with Gasteiger partial charge in [0.05, 0.1) is 22.5 Å². The van der Waals surface area contributed by atoms with Gasteiger partial charge in [0.25, 0.3) is 0 Å². The van der Waals surface area contributed by atoms with Crippen molar-refractivity contribution >= 4 is 32.6 Å². The SMILES string of the molecule is Cc1cc(C)n(CCNC(=O)C2CCN(c3nc4ccccc4s3)CC2)n1. The number of hydrogen-bond donors (Lipinski definition) is 1. The Balaban J connectivity index is 1.27. The van der Waals surface area contributed by atoms with Crippen molar-refractivity contribution in [3.63, 3.8) is 0 Å². The van der Waals surface area contributed by atoms with Gasteiger partial charge in [-0.05, 0) is 44.9 Å². The monoisotopic (exact) mass is 383 g/mol. The van der Waals surface area contributed by atoms with Crippen LogP contribution in [0.2, 0.25) is 0 Å². The second-order valence-electron chi connectivity index (χ2n) is 7.17. The zero-order valence-corrected chi connectivity index (χ0v) is 16.6. The quantitative estimate of drug-likeness (QED) is 0.735. The van der Waals surface area contributed by atoms with Gasteiger partial charge < -0.3 is 10.2 Å². The van der Waals surface area contributed by atoms with E-state index < -0.39 is 0 Å². The van der Waals surface area contributed by atoms with Crippen LogP contribution in [0.5, 0.6) is 0 Å². The summed E-state index contributed by atoms with van der Waals surface area (Å²) in [6.45, 7) is 7.14. The van der Waals surface area contributed by atoms with Crippen LogP contribution in [0.3, 0.4) is 0 Å². The predicted octanol–water partition coefficient (Wildman–Crippen LogP) is 3.14. The van der Waals surface area contributed by atoms with Crippen molar-refractivity contribution in [2.75, 3.05) is 24.5 Å². The van der Waals surface area contributed by atoms with Crippen LogP contribution in [-0.2, 0) is 11.3 Å². The topological polar surface area (TPSA) is 63.1 Å². The van der Waals surface area contributed by atoms with Gasteiger partial charge >= 0.3 is 0 Å². The molecule has 3 heterocycles. The first-order valence-electron chi connectivity index (χ1n) is 9.49. The van der Waals surface area contributed by atoms with Gasteiger partial charge in [0.1, 0.15) is 0 Å². The Morgan fingerprint density at radius 3 is 2.74 bits per heavy atom. The van der Waals surface area contributed by atoms with Crippen LogP contribution in [0.25, 0.3) is 10.2 Å². The van der Waals surface area contributed by atoms with E-state index in [1.54, 1.807) is 11.3 Å².